The lowest BCUT2D eigenvalue weighted by molar-refractivity contribution is -0.236. The summed E-state index contributed by atoms with van der Waals surface area (Å²) < 4.78 is 44.3. The molecule has 5 heteroatoms. The molecule has 1 saturated heterocycles. The van der Waals surface area contributed by atoms with Crippen LogP contribution in [-0.2, 0) is 9.47 Å². The predicted octanol–water partition coefficient (Wildman–Crippen LogP) is 2.09. The summed E-state index contributed by atoms with van der Waals surface area (Å²) in [5.74, 6) is 0. The fourth-order valence-corrected chi connectivity index (χ4v) is 1.03. The highest BCUT2D eigenvalue weighted by molar-refractivity contribution is 4.55. The van der Waals surface area contributed by atoms with Gasteiger partial charge in [0, 0.05) is 6.61 Å². The molecule has 0 radical (unpaired) electrons. The van der Waals surface area contributed by atoms with Gasteiger partial charge in [0.15, 0.2) is 6.29 Å². The Morgan fingerprint density at radius 3 is 2.58 bits per heavy atom. The van der Waals surface area contributed by atoms with Crippen LogP contribution in [-0.4, -0.2) is 25.7 Å². The highest BCUT2D eigenvalue weighted by atomic mass is 19.4. The van der Waals surface area contributed by atoms with Crippen molar-refractivity contribution >= 4 is 0 Å². The molecule has 0 bridgehead atoms. The van der Waals surface area contributed by atoms with Crippen LogP contribution in [0.15, 0.2) is 0 Å². The Morgan fingerprint density at radius 2 is 2.08 bits per heavy atom. The van der Waals surface area contributed by atoms with Crippen LogP contribution in [0.5, 0.6) is 0 Å². The van der Waals surface area contributed by atoms with Gasteiger partial charge in [-0.25, -0.2) is 0 Å². The molecule has 0 N–H and O–H groups in total. The summed E-state index contributed by atoms with van der Waals surface area (Å²) in [4.78, 5) is 0. The Morgan fingerprint density at radius 1 is 1.33 bits per heavy atom. The second-order valence-electron chi connectivity index (χ2n) is 2.72. The molecule has 1 aliphatic rings. The van der Waals surface area contributed by atoms with Crippen molar-refractivity contribution in [1.29, 1.82) is 0 Å². The summed E-state index contributed by atoms with van der Waals surface area (Å²) >= 11 is 0. The minimum absolute atomic E-state index is 0.503. The van der Waals surface area contributed by atoms with E-state index < -0.39 is 19.1 Å². The average molecular weight is 184 g/mol. The molecule has 1 atom stereocenters. The molecule has 1 aliphatic heterocycles. The lowest BCUT2D eigenvalue weighted by Crippen LogP contribution is -2.27. The summed E-state index contributed by atoms with van der Waals surface area (Å²) in [6.45, 7) is -0.708. The molecule has 0 spiro atoms. The molecule has 12 heavy (non-hydrogen) atoms. The number of halogens is 3. The zero-order chi connectivity index (χ0) is 9.03. The maximum absolute atomic E-state index is 11.6. The molecule has 0 aliphatic carbocycles. The molecule has 1 fully saturated rings. The zero-order valence-electron chi connectivity index (χ0n) is 6.56. The molecule has 2 nitrogen and oxygen atoms in total. The van der Waals surface area contributed by atoms with Crippen LogP contribution in [0.4, 0.5) is 13.2 Å². The van der Waals surface area contributed by atoms with E-state index in [4.69, 9.17) is 4.74 Å². The van der Waals surface area contributed by atoms with Gasteiger partial charge in [-0.15, -0.1) is 0 Å². The average Bonchev–Trinajstić information content (AvgIpc) is 2.02. The van der Waals surface area contributed by atoms with E-state index in [0.29, 0.717) is 13.0 Å². The first-order valence-electron chi connectivity index (χ1n) is 3.88. The first kappa shape index (κ1) is 9.80. The molecule has 0 aromatic carbocycles. The van der Waals surface area contributed by atoms with Crippen molar-refractivity contribution in [2.75, 3.05) is 13.2 Å². The van der Waals surface area contributed by atoms with E-state index in [-0.39, 0.29) is 0 Å². The summed E-state index contributed by atoms with van der Waals surface area (Å²) in [5.41, 5.74) is 0. The standard InChI is InChI=1S/C7H11F3O2/c8-7(9,10)5-12-6-3-1-2-4-11-6/h6H,1-5H2/t6-/m1/s1. The quantitative estimate of drug-likeness (QED) is 0.654. The maximum Gasteiger partial charge on any atom is 0.411 e. The van der Waals surface area contributed by atoms with Gasteiger partial charge in [-0.2, -0.15) is 13.2 Å². The van der Waals surface area contributed by atoms with Crippen LogP contribution in [0.25, 0.3) is 0 Å². The number of hydrogen-bond acceptors (Lipinski definition) is 2. The Balaban J connectivity index is 2.13. The normalized spacial score (nSPS) is 25.8. The van der Waals surface area contributed by atoms with Crippen molar-refractivity contribution in [2.24, 2.45) is 0 Å². The summed E-state index contributed by atoms with van der Waals surface area (Å²) in [5, 5.41) is 0. The molecule has 1 heterocycles. The Hall–Kier alpha value is -0.290. The van der Waals surface area contributed by atoms with Crippen LogP contribution in [0.2, 0.25) is 0 Å². The van der Waals surface area contributed by atoms with E-state index in [2.05, 4.69) is 4.74 Å². The fourth-order valence-electron chi connectivity index (χ4n) is 1.03. The van der Waals surface area contributed by atoms with Gasteiger partial charge in [0.25, 0.3) is 0 Å². The minimum atomic E-state index is -4.25. The van der Waals surface area contributed by atoms with Gasteiger partial charge in [-0.1, -0.05) is 0 Å². The first-order valence-corrected chi connectivity index (χ1v) is 3.88. The van der Waals surface area contributed by atoms with Crippen molar-refractivity contribution in [3.63, 3.8) is 0 Å². The number of ether oxygens (including phenoxy) is 2. The van der Waals surface area contributed by atoms with E-state index in [1.54, 1.807) is 0 Å². The van der Waals surface area contributed by atoms with Crippen molar-refractivity contribution in [3.8, 4) is 0 Å². The topological polar surface area (TPSA) is 18.5 Å². The van der Waals surface area contributed by atoms with Crippen molar-refractivity contribution in [3.05, 3.63) is 0 Å². The van der Waals surface area contributed by atoms with E-state index in [1.165, 1.54) is 0 Å². The molecule has 0 unspecified atom stereocenters. The van der Waals surface area contributed by atoms with Crippen LogP contribution >= 0.6 is 0 Å². The van der Waals surface area contributed by atoms with Crippen LogP contribution in [0.1, 0.15) is 19.3 Å². The highest BCUT2D eigenvalue weighted by Crippen LogP contribution is 2.19. The Kier molecular flexibility index (Phi) is 3.34. The van der Waals surface area contributed by atoms with E-state index >= 15 is 0 Å². The Labute approximate surface area is 68.6 Å². The molecular weight excluding hydrogens is 173 g/mol. The van der Waals surface area contributed by atoms with Gasteiger partial charge in [0.05, 0.1) is 0 Å². The van der Waals surface area contributed by atoms with Gasteiger partial charge in [-0.05, 0) is 19.3 Å². The van der Waals surface area contributed by atoms with Crippen LogP contribution in [0.3, 0.4) is 0 Å². The predicted molar refractivity (Wildman–Crippen MR) is 35.6 cm³/mol. The third-order valence-electron chi connectivity index (χ3n) is 1.57. The highest BCUT2D eigenvalue weighted by Gasteiger charge is 2.29. The second-order valence-corrected chi connectivity index (χ2v) is 2.72. The first-order chi connectivity index (χ1) is 5.58. The van der Waals surface area contributed by atoms with Crippen molar-refractivity contribution in [1.82, 2.24) is 0 Å². The third-order valence-corrected chi connectivity index (χ3v) is 1.57. The number of alkyl halides is 3. The number of hydrogen-bond donors (Lipinski definition) is 0. The lowest BCUT2D eigenvalue weighted by atomic mass is 10.2. The summed E-state index contributed by atoms with van der Waals surface area (Å²) in [6, 6.07) is 0. The molecule has 0 aromatic rings. The maximum atomic E-state index is 11.6. The molecule has 1 rings (SSSR count). The SMILES string of the molecule is FC(F)(F)CO[C@@H]1CCCCO1. The lowest BCUT2D eigenvalue weighted by Gasteiger charge is -2.23. The van der Waals surface area contributed by atoms with Crippen LogP contribution in [0, 0.1) is 0 Å². The molecule has 0 amide bonds. The van der Waals surface area contributed by atoms with Crippen LogP contribution < -0.4 is 0 Å². The van der Waals surface area contributed by atoms with Gasteiger partial charge in [0.2, 0.25) is 0 Å². The Bertz CT molecular complexity index is 129. The second kappa shape index (κ2) is 4.09. The van der Waals surface area contributed by atoms with E-state index in [9.17, 15) is 13.2 Å². The monoisotopic (exact) mass is 184 g/mol. The largest absolute Gasteiger partial charge is 0.411 e. The fraction of sp³-hybridized carbons (Fsp3) is 1.00. The van der Waals surface area contributed by atoms with Gasteiger partial charge >= 0.3 is 6.18 Å². The zero-order valence-corrected chi connectivity index (χ0v) is 6.56. The number of rotatable bonds is 2. The van der Waals surface area contributed by atoms with Crippen molar-refractivity contribution < 1.29 is 22.6 Å². The summed E-state index contributed by atoms with van der Waals surface area (Å²) in [7, 11) is 0. The minimum Gasteiger partial charge on any atom is -0.353 e. The smallest absolute Gasteiger partial charge is 0.353 e. The molecule has 0 saturated carbocycles. The summed E-state index contributed by atoms with van der Waals surface area (Å²) in [6.07, 6.45) is -2.55. The molecular formula is C7H11F3O2. The van der Waals surface area contributed by atoms with Gasteiger partial charge < -0.3 is 9.47 Å². The van der Waals surface area contributed by atoms with Gasteiger partial charge in [0.1, 0.15) is 6.61 Å². The molecule has 72 valence electrons. The molecule has 0 aromatic heterocycles. The van der Waals surface area contributed by atoms with Gasteiger partial charge in [-0.3, -0.25) is 0 Å². The third kappa shape index (κ3) is 3.92. The van der Waals surface area contributed by atoms with Crippen molar-refractivity contribution in [2.45, 2.75) is 31.7 Å². The van der Waals surface area contributed by atoms with E-state index in [1.807, 2.05) is 0 Å². The van der Waals surface area contributed by atoms with E-state index in [0.717, 1.165) is 12.8 Å².